The highest BCUT2D eigenvalue weighted by Crippen LogP contribution is 2.64. The Morgan fingerprint density at radius 1 is 0.887 bits per heavy atom. The van der Waals surface area contributed by atoms with Crippen LogP contribution in [0.4, 0.5) is 5.82 Å². The van der Waals surface area contributed by atoms with E-state index in [2.05, 4.69) is 60.4 Å². The smallest absolute Gasteiger partial charge is 0.302 e. The van der Waals surface area contributed by atoms with Crippen LogP contribution in [0.3, 0.4) is 0 Å². The predicted octanol–water partition coefficient (Wildman–Crippen LogP) is 10.1. The largest absolute Gasteiger partial charge is 0.508 e. The molecule has 318 valence electrons. The zero-order chi connectivity index (χ0) is 42.8. The molecule has 9 heteroatoms. The summed E-state index contributed by atoms with van der Waals surface area (Å²) in [6.07, 6.45) is 9.97. The van der Waals surface area contributed by atoms with Crippen LogP contribution in [-0.2, 0) is 33.2 Å². The van der Waals surface area contributed by atoms with Gasteiger partial charge in [-0.25, -0.2) is 4.98 Å². The SMILES string of the molecule is COc1cc2c(cc1O)CC#Cc1nc(N)ccc1C(CC1(c3ccccc3)CCCCC1)C1CCC3(Cc4cc(O)cc(OC)c4-c4ccc5c(c43)OC2C5COC(C)=O)C1. The summed E-state index contributed by atoms with van der Waals surface area (Å²) in [4.78, 5) is 17.5. The molecule has 0 amide bonds. The van der Waals surface area contributed by atoms with Gasteiger partial charge in [-0.2, -0.15) is 0 Å². The molecule has 4 aromatic carbocycles. The molecule has 5 aromatic rings. The Labute approximate surface area is 363 Å². The molecule has 3 aliphatic carbocycles. The molecule has 5 aliphatic rings. The van der Waals surface area contributed by atoms with Crippen LogP contribution in [-0.4, -0.2) is 42.0 Å². The molecule has 4 N–H and O–H groups in total. The molecule has 0 saturated heterocycles. The standard InChI is InChI=1S/C53H54N2O7/c1-31(56)61-30-42-38-15-16-39-48-34(23-36(57)25-46(48)60-3)28-53-22-19-33(27-53)41(29-52(20-8-5-9-21-52)35-12-6-4-7-13-35)37-17-18-47(54)55-43(37)14-10-11-32-24-44(58)45(59-2)26-40(32)50(42)62-51(38)49(39)53/h4,6-7,12-13,15-18,23-26,33,41-42,50,57-58H,5,8-9,11,19-22,27-30H2,1-3H3,(H2,54,55). The number of esters is 1. The van der Waals surface area contributed by atoms with Crippen LogP contribution in [0.25, 0.3) is 11.1 Å². The van der Waals surface area contributed by atoms with Gasteiger partial charge in [0.05, 0.1) is 20.1 Å². The summed E-state index contributed by atoms with van der Waals surface area (Å²) in [5.41, 5.74) is 16.1. The van der Waals surface area contributed by atoms with Crippen molar-refractivity contribution in [2.75, 3.05) is 26.6 Å². The summed E-state index contributed by atoms with van der Waals surface area (Å²) in [7, 11) is 3.19. The Morgan fingerprint density at radius 3 is 2.45 bits per heavy atom. The van der Waals surface area contributed by atoms with Crippen LogP contribution in [0.1, 0.15) is 127 Å². The molecule has 9 nitrogen and oxygen atoms in total. The van der Waals surface area contributed by atoms with Crippen molar-refractivity contribution in [1.29, 1.82) is 0 Å². The molecule has 0 radical (unpaired) electrons. The Morgan fingerprint density at radius 2 is 1.68 bits per heavy atom. The summed E-state index contributed by atoms with van der Waals surface area (Å²) in [6, 6.07) is 26.7. The van der Waals surface area contributed by atoms with Crippen molar-refractivity contribution in [3.05, 3.63) is 124 Å². The van der Waals surface area contributed by atoms with Gasteiger partial charge in [-0.05, 0) is 120 Å². The van der Waals surface area contributed by atoms with Gasteiger partial charge >= 0.3 is 5.97 Å². The second-order valence-electron chi connectivity index (χ2n) is 18.4. The molecule has 3 heterocycles. The second-order valence-corrected chi connectivity index (χ2v) is 18.4. The number of nitrogens with two attached hydrogens (primary N) is 1. The van der Waals surface area contributed by atoms with E-state index in [0.29, 0.717) is 29.4 Å². The van der Waals surface area contributed by atoms with E-state index in [1.165, 1.54) is 38.9 Å². The number of benzene rings is 4. The van der Waals surface area contributed by atoms with E-state index in [1.807, 2.05) is 18.2 Å². The number of nitrogens with zero attached hydrogens (tertiary/aromatic N) is 1. The van der Waals surface area contributed by atoms with Crippen LogP contribution in [0.15, 0.2) is 78.9 Å². The van der Waals surface area contributed by atoms with Crippen LogP contribution in [0.5, 0.6) is 28.7 Å². The Kier molecular flexibility index (Phi) is 10.1. The molecular formula is C53H54N2O7. The van der Waals surface area contributed by atoms with Crippen LogP contribution in [0.2, 0.25) is 0 Å². The van der Waals surface area contributed by atoms with Crippen molar-refractivity contribution in [2.45, 2.75) is 106 Å². The summed E-state index contributed by atoms with van der Waals surface area (Å²) in [5, 5.41) is 22.3. The molecule has 10 rings (SSSR count). The van der Waals surface area contributed by atoms with Crippen molar-refractivity contribution in [3.8, 4) is 51.7 Å². The van der Waals surface area contributed by atoms with E-state index in [4.69, 9.17) is 29.7 Å². The van der Waals surface area contributed by atoms with Gasteiger partial charge < -0.3 is 34.9 Å². The molecule has 62 heavy (non-hydrogen) atoms. The van der Waals surface area contributed by atoms with E-state index < -0.39 is 6.10 Å². The second kappa shape index (κ2) is 15.6. The third-order valence-corrected chi connectivity index (χ3v) is 15.0. The summed E-state index contributed by atoms with van der Waals surface area (Å²) >= 11 is 0. The number of carbonyl (C=O) groups is 1. The molecule has 5 unspecified atom stereocenters. The molecule has 5 atom stereocenters. The third-order valence-electron chi connectivity index (χ3n) is 15.0. The average Bonchev–Trinajstić information content (AvgIpc) is 3.86. The lowest BCUT2D eigenvalue weighted by Gasteiger charge is -2.43. The predicted molar refractivity (Wildman–Crippen MR) is 238 cm³/mol. The molecule has 1 aromatic heterocycles. The summed E-state index contributed by atoms with van der Waals surface area (Å²) < 4.78 is 24.9. The lowest BCUT2D eigenvalue weighted by molar-refractivity contribution is -0.141. The molecule has 2 saturated carbocycles. The minimum Gasteiger partial charge on any atom is -0.508 e. The molecule has 4 bridgehead atoms. The topological polar surface area (TPSA) is 133 Å². The van der Waals surface area contributed by atoms with Gasteiger partial charge in [0.1, 0.15) is 41.5 Å². The van der Waals surface area contributed by atoms with Crippen molar-refractivity contribution in [2.24, 2.45) is 5.92 Å². The van der Waals surface area contributed by atoms with Crippen molar-refractivity contribution >= 4 is 11.8 Å². The van der Waals surface area contributed by atoms with Crippen molar-refractivity contribution < 1.29 is 34.0 Å². The lowest BCUT2D eigenvalue weighted by atomic mass is 9.61. The number of hydrogen-bond acceptors (Lipinski definition) is 9. The number of carbonyl (C=O) groups excluding carboxylic acids is 1. The van der Waals surface area contributed by atoms with Crippen LogP contribution >= 0.6 is 0 Å². The highest BCUT2D eigenvalue weighted by Gasteiger charge is 2.53. The molecule has 1 spiro atoms. The fourth-order valence-corrected chi connectivity index (χ4v) is 12.3. The number of phenolic OH excluding ortho intramolecular Hbond substituents is 2. The highest BCUT2D eigenvalue weighted by molar-refractivity contribution is 5.84. The Hall–Kier alpha value is -6.14. The van der Waals surface area contributed by atoms with E-state index in [9.17, 15) is 15.0 Å². The van der Waals surface area contributed by atoms with Gasteiger partial charge in [0.25, 0.3) is 0 Å². The number of ether oxygens (including phenoxy) is 4. The van der Waals surface area contributed by atoms with Crippen molar-refractivity contribution in [3.63, 3.8) is 0 Å². The van der Waals surface area contributed by atoms with E-state index in [0.717, 1.165) is 88.8 Å². The maximum Gasteiger partial charge on any atom is 0.302 e. The highest BCUT2D eigenvalue weighted by atomic mass is 16.5. The maximum atomic E-state index is 12.5. The number of hydrogen-bond donors (Lipinski definition) is 3. The number of methoxy groups -OCH3 is 2. The first-order valence-electron chi connectivity index (χ1n) is 22.2. The van der Waals surface area contributed by atoms with E-state index >= 15 is 0 Å². The zero-order valence-corrected chi connectivity index (χ0v) is 35.8. The Bertz CT molecular complexity index is 2640. The van der Waals surface area contributed by atoms with Crippen LogP contribution in [0, 0.1) is 17.8 Å². The Balaban J connectivity index is 1.23. The van der Waals surface area contributed by atoms with Gasteiger partial charge in [-0.1, -0.05) is 73.7 Å². The minimum absolute atomic E-state index is 0.000126. The number of aromatic nitrogens is 1. The number of aromatic hydroxyl groups is 2. The third kappa shape index (κ3) is 6.70. The van der Waals surface area contributed by atoms with Crippen LogP contribution < -0.4 is 19.9 Å². The fraction of sp³-hybridized carbons (Fsp3) is 0.396. The normalized spacial score (nSPS) is 23.8. The van der Waals surface area contributed by atoms with E-state index in [1.54, 1.807) is 19.2 Å². The average molecular weight is 831 g/mol. The first-order chi connectivity index (χ1) is 30.1. The van der Waals surface area contributed by atoms with Gasteiger partial charge in [0, 0.05) is 47.1 Å². The fourth-order valence-electron chi connectivity index (χ4n) is 12.3. The number of phenols is 2. The van der Waals surface area contributed by atoms with Gasteiger partial charge in [0.15, 0.2) is 11.5 Å². The lowest BCUT2D eigenvalue weighted by Crippen LogP contribution is -2.34. The number of anilines is 1. The number of fused-ring (bicyclic) bond motifs is 7. The van der Waals surface area contributed by atoms with Gasteiger partial charge in [-0.15, -0.1) is 0 Å². The quantitative estimate of drug-likeness (QED) is 0.108. The number of nitrogen functional groups attached to an aromatic ring is 1. The maximum absolute atomic E-state index is 12.5. The first-order valence-corrected chi connectivity index (χ1v) is 22.2. The number of pyridine rings is 1. The number of rotatable bonds is 7. The van der Waals surface area contributed by atoms with Gasteiger partial charge in [0.2, 0.25) is 0 Å². The monoisotopic (exact) mass is 830 g/mol. The molecular weight excluding hydrogens is 777 g/mol. The zero-order valence-electron chi connectivity index (χ0n) is 35.8. The molecule has 2 aliphatic heterocycles. The molecule has 2 fully saturated rings. The summed E-state index contributed by atoms with van der Waals surface area (Å²) in [5.74, 6) is 8.95. The minimum atomic E-state index is -0.588. The van der Waals surface area contributed by atoms with Crippen molar-refractivity contribution in [1.82, 2.24) is 4.98 Å². The van der Waals surface area contributed by atoms with E-state index in [-0.39, 0.29) is 59.1 Å². The first kappa shape index (κ1) is 40.0. The van der Waals surface area contributed by atoms with Gasteiger partial charge in [-0.3, -0.25) is 4.79 Å². The summed E-state index contributed by atoms with van der Waals surface area (Å²) in [6.45, 7) is 1.53.